The number of para-hydroxylation sites is 2. The number of nitrogens with one attached hydrogen (secondary N) is 1. The molecule has 1 aromatic heterocycles. The second-order valence-electron chi connectivity index (χ2n) is 6.08. The monoisotopic (exact) mass is 365 g/mol. The summed E-state index contributed by atoms with van der Waals surface area (Å²) in [6.45, 7) is 1.75. The third-order valence-corrected chi connectivity index (χ3v) is 5.19. The maximum Gasteiger partial charge on any atom is 0.266 e. The number of fused-ring (bicyclic) bond motifs is 1. The molecule has 0 bridgehead atoms. The molecule has 0 fully saturated rings. The largest absolute Gasteiger partial charge is 0.481 e. The van der Waals surface area contributed by atoms with E-state index in [1.165, 1.54) is 0 Å². The molecule has 2 heterocycles. The van der Waals surface area contributed by atoms with Gasteiger partial charge in [0.05, 0.1) is 11.4 Å². The number of aromatic nitrogens is 2. The average molecular weight is 365 g/mol. The molecule has 1 aliphatic rings. The molecule has 1 amide bonds. The lowest BCUT2D eigenvalue weighted by Crippen LogP contribution is -2.31. The van der Waals surface area contributed by atoms with Crippen LogP contribution in [0.1, 0.15) is 18.2 Å². The Labute approximate surface area is 156 Å². The number of anilines is 1. The minimum atomic E-state index is -0.610. The van der Waals surface area contributed by atoms with Gasteiger partial charge in [-0.15, -0.1) is 0 Å². The fourth-order valence-electron chi connectivity index (χ4n) is 2.87. The van der Waals surface area contributed by atoms with Gasteiger partial charge in [0.2, 0.25) is 0 Å². The molecule has 1 atom stereocenters. The van der Waals surface area contributed by atoms with Crippen molar-refractivity contribution < 1.29 is 9.53 Å². The first-order valence-electron chi connectivity index (χ1n) is 8.49. The predicted octanol–water partition coefficient (Wildman–Crippen LogP) is 4.03. The summed E-state index contributed by atoms with van der Waals surface area (Å²) in [5, 5.41) is 7.73. The highest BCUT2D eigenvalue weighted by atomic mass is 32.2. The van der Waals surface area contributed by atoms with Crippen LogP contribution < -0.4 is 10.1 Å². The zero-order valence-electron chi connectivity index (χ0n) is 14.4. The predicted molar refractivity (Wildman–Crippen MR) is 104 cm³/mol. The lowest BCUT2D eigenvalue weighted by Gasteiger charge is -2.16. The molecule has 0 saturated heterocycles. The minimum absolute atomic E-state index is 0.189. The molecule has 2 aromatic carbocycles. The topological polar surface area (TPSA) is 56.1 Å². The smallest absolute Gasteiger partial charge is 0.266 e. The molecule has 5 nitrogen and oxygen atoms in total. The van der Waals surface area contributed by atoms with Gasteiger partial charge in [0.15, 0.2) is 6.10 Å². The van der Waals surface area contributed by atoms with Gasteiger partial charge >= 0.3 is 0 Å². The number of hydrogen-bond donors (Lipinski definition) is 1. The second-order valence-corrected chi connectivity index (χ2v) is 7.06. The molecule has 6 heteroatoms. The Hall–Kier alpha value is -2.73. The normalized spacial score (nSPS) is 13.9. The van der Waals surface area contributed by atoms with Crippen LogP contribution in [0.2, 0.25) is 0 Å². The van der Waals surface area contributed by atoms with Crippen molar-refractivity contribution in [3.63, 3.8) is 0 Å². The molecule has 1 aliphatic heterocycles. The van der Waals surface area contributed by atoms with Crippen LogP contribution in [0.25, 0.3) is 5.69 Å². The second kappa shape index (κ2) is 7.25. The van der Waals surface area contributed by atoms with Crippen molar-refractivity contribution >= 4 is 23.5 Å². The Morgan fingerprint density at radius 3 is 2.54 bits per heavy atom. The van der Waals surface area contributed by atoms with E-state index in [4.69, 9.17) is 9.84 Å². The standard InChI is InChI=1S/C20H19N3O2S/c1-14(25-16-10-6-3-7-11-16)20(24)21-19-17-12-26-13-18(17)22-23(19)15-8-4-2-5-9-15/h2-11,14H,12-13H2,1H3,(H,21,24)/t14-/m1/s1. The van der Waals surface area contributed by atoms with Gasteiger partial charge in [-0.2, -0.15) is 16.9 Å². The third kappa shape index (κ3) is 3.32. The number of thioether (sulfide) groups is 1. The molecule has 0 radical (unpaired) electrons. The molecule has 26 heavy (non-hydrogen) atoms. The summed E-state index contributed by atoms with van der Waals surface area (Å²) in [6.07, 6.45) is -0.610. The van der Waals surface area contributed by atoms with Gasteiger partial charge in [0.1, 0.15) is 11.6 Å². The Kier molecular flexibility index (Phi) is 4.67. The number of benzene rings is 2. The van der Waals surface area contributed by atoms with Crippen molar-refractivity contribution in [2.24, 2.45) is 0 Å². The first kappa shape index (κ1) is 16.7. The van der Waals surface area contributed by atoms with E-state index in [1.54, 1.807) is 6.92 Å². The van der Waals surface area contributed by atoms with Crippen LogP contribution in [-0.2, 0) is 16.3 Å². The molecule has 1 N–H and O–H groups in total. The van der Waals surface area contributed by atoms with E-state index in [1.807, 2.05) is 77.1 Å². The SMILES string of the molecule is C[C@@H](Oc1ccccc1)C(=O)Nc1c2c(nn1-c1ccccc1)CSC2. The van der Waals surface area contributed by atoms with E-state index in [0.717, 1.165) is 34.3 Å². The average Bonchev–Trinajstić information content (AvgIpc) is 3.26. The molecule has 132 valence electrons. The fraction of sp³-hybridized carbons (Fsp3) is 0.200. The van der Waals surface area contributed by atoms with Crippen LogP contribution in [0, 0.1) is 0 Å². The van der Waals surface area contributed by atoms with Crippen LogP contribution in [0.15, 0.2) is 60.7 Å². The molecular formula is C20H19N3O2S. The van der Waals surface area contributed by atoms with Crippen LogP contribution in [0.5, 0.6) is 5.75 Å². The Morgan fingerprint density at radius 2 is 1.81 bits per heavy atom. The van der Waals surface area contributed by atoms with E-state index < -0.39 is 6.10 Å². The molecule has 0 spiro atoms. The van der Waals surface area contributed by atoms with Gasteiger partial charge in [0.25, 0.3) is 5.91 Å². The van der Waals surface area contributed by atoms with Gasteiger partial charge in [0, 0.05) is 17.1 Å². The number of carbonyl (C=O) groups is 1. The van der Waals surface area contributed by atoms with Crippen LogP contribution in [0.3, 0.4) is 0 Å². The van der Waals surface area contributed by atoms with Gasteiger partial charge in [-0.25, -0.2) is 4.68 Å². The minimum Gasteiger partial charge on any atom is -0.481 e. The highest BCUT2D eigenvalue weighted by molar-refractivity contribution is 7.98. The molecule has 3 aromatic rings. The Morgan fingerprint density at radius 1 is 1.12 bits per heavy atom. The van der Waals surface area contributed by atoms with Gasteiger partial charge < -0.3 is 10.1 Å². The van der Waals surface area contributed by atoms with Crippen molar-refractivity contribution in [1.29, 1.82) is 0 Å². The lowest BCUT2D eigenvalue weighted by molar-refractivity contribution is -0.122. The Bertz CT molecular complexity index is 910. The van der Waals surface area contributed by atoms with E-state index in [2.05, 4.69) is 5.32 Å². The molecular weight excluding hydrogens is 346 g/mol. The first-order valence-corrected chi connectivity index (χ1v) is 9.64. The van der Waals surface area contributed by atoms with Crippen LogP contribution in [0.4, 0.5) is 5.82 Å². The number of carbonyl (C=O) groups excluding carboxylic acids is 1. The van der Waals surface area contributed by atoms with E-state index in [0.29, 0.717) is 5.75 Å². The highest BCUT2D eigenvalue weighted by Gasteiger charge is 2.26. The maximum atomic E-state index is 12.7. The number of ether oxygens (including phenoxy) is 1. The first-order chi connectivity index (χ1) is 12.7. The molecule has 0 aliphatic carbocycles. The van der Waals surface area contributed by atoms with Crippen molar-refractivity contribution in [1.82, 2.24) is 9.78 Å². The fourth-order valence-corrected chi connectivity index (χ4v) is 3.91. The molecule has 0 saturated carbocycles. The summed E-state index contributed by atoms with van der Waals surface area (Å²) >= 11 is 1.81. The van der Waals surface area contributed by atoms with Crippen molar-refractivity contribution in [2.45, 2.75) is 24.5 Å². The highest BCUT2D eigenvalue weighted by Crippen LogP contribution is 2.36. The zero-order chi connectivity index (χ0) is 17.9. The summed E-state index contributed by atoms with van der Waals surface area (Å²) in [5.41, 5.74) is 3.06. The molecule has 4 rings (SSSR count). The Balaban J connectivity index is 1.58. The van der Waals surface area contributed by atoms with E-state index >= 15 is 0 Å². The number of rotatable bonds is 5. The summed E-state index contributed by atoms with van der Waals surface area (Å²) in [4.78, 5) is 12.7. The quantitative estimate of drug-likeness (QED) is 0.742. The van der Waals surface area contributed by atoms with Gasteiger partial charge in [-0.3, -0.25) is 4.79 Å². The van der Waals surface area contributed by atoms with E-state index in [-0.39, 0.29) is 5.91 Å². The van der Waals surface area contributed by atoms with Gasteiger partial charge in [-0.1, -0.05) is 36.4 Å². The third-order valence-electron chi connectivity index (χ3n) is 4.22. The van der Waals surface area contributed by atoms with Crippen molar-refractivity contribution in [3.8, 4) is 11.4 Å². The summed E-state index contributed by atoms with van der Waals surface area (Å²) < 4.78 is 7.56. The van der Waals surface area contributed by atoms with Gasteiger partial charge in [-0.05, 0) is 31.2 Å². The van der Waals surface area contributed by atoms with Crippen LogP contribution >= 0.6 is 11.8 Å². The number of hydrogen-bond acceptors (Lipinski definition) is 4. The number of amides is 1. The van der Waals surface area contributed by atoms with Crippen LogP contribution in [-0.4, -0.2) is 21.8 Å². The summed E-state index contributed by atoms with van der Waals surface area (Å²) in [7, 11) is 0. The number of nitrogens with zero attached hydrogens (tertiary/aromatic N) is 2. The zero-order valence-corrected chi connectivity index (χ0v) is 15.2. The van der Waals surface area contributed by atoms with Crippen molar-refractivity contribution in [3.05, 3.63) is 71.9 Å². The summed E-state index contributed by atoms with van der Waals surface area (Å²) in [6, 6.07) is 19.2. The molecule has 0 unspecified atom stereocenters. The lowest BCUT2D eigenvalue weighted by atomic mass is 10.2. The maximum absolute atomic E-state index is 12.7. The summed E-state index contributed by atoms with van der Waals surface area (Å²) in [5.74, 6) is 2.95. The van der Waals surface area contributed by atoms with Crippen molar-refractivity contribution in [2.75, 3.05) is 5.32 Å². The van der Waals surface area contributed by atoms with E-state index in [9.17, 15) is 4.79 Å².